The molecule has 0 aliphatic carbocycles. The third-order valence-electron chi connectivity index (χ3n) is 11.1. The molecule has 0 saturated heterocycles. The maximum Gasteiger partial charge on any atom is 0.361 e. The van der Waals surface area contributed by atoms with Gasteiger partial charge in [0.05, 0.1) is 34.4 Å². The molecule has 0 fully saturated rings. The van der Waals surface area contributed by atoms with E-state index in [4.69, 9.17) is 18.9 Å². The van der Waals surface area contributed by atoms with Crippen molar-refractivity contribution in [2.24, 2.45) is 0 Å². The highest BCUT2D eigenvalue weighted by Gasteiger charge is 2.25. The van der Waals surface area contributed by atoms with Gasteiger partial charge in [0.15, 0.2) is 6.10 Å². The zero-order valence-electron chi connectivity index (χ0n) is 44.0. The number of likely N-dealkylation sites (N-methyl/N-ethyl adjacent to an activating group) is 1. The summed E-state index contributed by atoms with van der Waals surface area (Å²) in [6, 6.07) is 0. The van der Waals surface area contributed by atoms with Crippen molar-refractivity contribution in [1.29, 1.82) is 0 Å². The maximum absolute atomic E-state index is 12.8. The summed E-state index contributed by atoms with van der Waals surface area (Å²) < 4.78 is 22.8. The summed E-state index contributed by atoms with van der Waals surface area (Å²) in [5.74, 6) is -2.07. The Morgan fingerprint density at radius 1 is 0.456 bits per heavy atom. The van der Waals surface area contributed by atoms with Crippen molar-refractivity contribution in [1.82, 2.24) is 0 Å². The van der Waals surface area contributed by atoms with Crippen molar-refractivity contribution in [2.45, 2.75) is 212 Å². The van der Waals surface area contributed by atoms with Crippen LogP contribution in [0, 0.1) is 0 Å². The number of rotatable bonds is 48. The zero-order chi connectivity index (χ0) is 49.9. The largest absolute Gasteiger partial charge is 0.477 e. The number of carboxylic acids is 1. The molecule has 9 heteroatoms. The van der Waals surface area contributed by atoms with Crippen LogP contribution in [0.1, 0.15) is 200 Å². The van der Waals surface area contributed by atoms with Crippen molar-refractivity contribution in [3.63, 3.8) is 0 Å². The van der Waals surface area contributed by atoms with Crippen LogP contribution in [0.25, 0.3) is 0 Å². The number of carbonyl (C=O) groups excluding carboxylic acids is 2. The lowest BCUT2D eigenvalue weighted by atomic mass is 10.0. The van der Waals surface area contributed by atoms with Crippen molar-refractivity contribution in [3.05, 3.63) is 97.2 Å². The molecule has 0 aromatic rings. The summed E-state index contributed by atoms with van der Waals surface area (Å²) in [7, 11) is 5.94. The second kappa shape index (κ2) is 49.6. The van der Waals surface area contributed by atoms with Gasteiger partial charge in [-0.15, -0.1) is 0 Å². The summed E-state index contributed by atoms with van der Waals surface area (Å²) in [6.07, 6.45) is 63.3. The third kappa shape index (κ3) is 50.1. The number of allylic oxidation sites excluding steroid dienone is 16. The quantitative estimate of drug-likeness (QED) is 0.0211. The second-order valence-electron chi connectivity index (χ2n) is 18.8. The fraction of sp³-hybridized carbons (Fsp3) is 0.678. The minimum atomic E-state index is -1.53. The van der Waals surface area contributed by atoms with Crippen LogP contribution < -0.4 is 0 Å². The first-order chi connectivity index (χ1) is 33.1. The molecule has 1 N–H and O–H groups in total. The molecule has 0 bridgehead atoms. The van der Waals surface area contributed by atoms with Crippen LogP contribution >= 0.6 is 0 Å². The molecule has 0 aliphatic rings. The summed E-state index contributed by atoms with van der Waals surface area (Å²) in [4.78, 5) is 37.3. The van der Waals surface area contributed by atoms with Gasteiger partial charge in [0.1, 0.15) is 13.2 Å². The lowest BCUT2D eigenvalue weighted by Gasteiger charge is -2.25. The molecule has 0 aromatic heterocycles. The van der Waals surface area contributed by atoms with E-state index in [2.05, 4.69) is 111 Å². The Morgan fingerprint density at radius 2 is 0.838 bits per heavy atom. The van der Waals surface area contributed by atoms with Crippen LogP contribution in [0.4, 0.5) is 0 Å². The van der Waals surface area contributed by atoms with Gasteiger partial charge < -0.3 is 28.5 Å². The molecule has 0 radical (unpaired) electrons. The average Bonchev–Trinajstić information content (AvgIpc) is 3.30. The van der Waals surface area contributed by atoms with E-state index in [9.17, 15) is 19.5 Å². The first-order valence-electron chi connectivity index (χ1n) is 26.9. The molecular formula is C59H100NO8+. The number of hydrogen-bond acceptors (Lipinski definition) is 7. The predicted octanol–water partition coefficient (Wildman–Crippen LogP) is 15.4. The van der Waals surface area contributed by atoms with E-state index in [0.29, 0.717) is 23.9 Å². The number of nitrogens with zero attached hydrogens (tertiary/aromatic N) is 1. The molecule has 0 saturated carbocycles. The first kappa shape index (κ1) is 64.2. The molecule has 2 atom stereocenters. The number of carboxylic acid groups (broad SMARTS) is 1. The van der Waals surface area contributed by atoms with Crippen molar-refractivity contribution in [3.8, 4) is 0 Å². The molecule has 2 unspecified atom stereocenters. The molecule has 68 heavy (non-hydrogen) atoms. The number of esters is 2. The molecule has 388 valence electrons. The van der Waals surface area contributed by atoms with Crippen LogP contribution in [0.5, 0.6) is 0 Å². The van der Waals surface area contributed by atoms with Gasteiger partial charge in [-0.1, -0.05) is 207 Å². The van der Waals surface area contributed by atoms with Gasteiger partial charge >= 0.3 is 17.9 Å². The van der Waals surface area contributed by atoms with E-state index in [1.165, 1.54) is 83.5 Å². The molecule has 0 rings (SSSR count). The van der Waals surface area contributed by atoms with E-state index in [-0.39, 0.29) is 32.2 Å². The van der Waals surface area contributed by atoms with Crippen molar-refractivity contribution in [2.75, 3.05) is 47.5 Å². The minimum Gasteiger partial charge on any atom is -0.477 e. The lowest BCUT2D eigenvalue weighted by molar-refractivity contribution is -0.870. The molecular weight excluding hydrogens is 851 g/mol. The Bertz CT molecular complexity index is 1430. The Labute approximate surface area is 416 Å². The number of unbranched alkanes of at least 4 members (excludes halogenated alkanes) is 17. The highest BCUT2D eigenvalue weighted by atomic mass is 16.7. The summed E-state index contributed by atoms with van der Waals surface area (Å²) >= 11 is 0. The fourth-order valence-electron chi connectivity index (χ4n) is 6.97. The Hall–Kier alpha value is -3.79. The van der Waals surface area contributed by atoms with E-state index < -0.39 is 24.3 Å². The third-order valence-corrected chi connectivity index (χ3v) is 11.1. The smallest absolute Gasteiger partial charge is 0.361 e. The molecule has 9 nitrogen and oxygen atoms in total. The SMILES string of the molecule is CC/C=C\C/C=C\C/C=C\C/C=C\C/C=C\C/C=C\C/C=C\C/C=C\CCCCC(=O)OC(COC(=O)CCCCCCCCCCCCCCCCCC)COC(OCC[N+](C)(C)C)C(=O)O. The van der Waals surface area contributed by atoms with Crippen LogP contribution in [0.15, 0.2) is 97.2 Å². The normalized spacial score (nSPS) is 13.6. The standard InChI is InChI=1S/C59H99NO8/c1-6-8-10-12-14-16-18-20-22-24-25-26-27-28-29-30-31-32-33-34-36-38-40-42-44-46-48-50-57(62)68-55(54-67-59(58(63)64)65-52-51-60(3,4)5)53-66-56(61)49-47-45-43-41-39-37-35-23-21-19-17-15-13-11-9-7-2/h8,10,14,16,20,22,25-26,28-29,31-32,34,36,40,42,55,59H,6-7,9,11-13,15,17-19,21,23-24,27,30,33,35,37-39,41,43-54H2,1-5H3/p+1/b10-8-,16-14-,22-20-,26-25-,29-28-,32-31-,36-34-,42-40-. The van der Waals surface area contributed by atoms with E-state index in [0.717, 1.165) is 83.5 Å². The number of carbonyl (C=O) groups is 3. The topological polar surface area (TPSA) is 108 Å². The van der Waals surface area contributed by atoms with Crippen LogP contribution in [0.3, 0.4) is 0 Å². The lowest BCUT2D eigenvalue weighted by Crippen LogP contribution is -2.40. The van der Waals surface area contributed by atoms with Gasteiger partial charge in [-0.05, 0) is 77.0 Å². The van der Waals surface area contributed by atoms with Gasteiger partial charge in [-0.2, -0.15) is 0 Å². The van der Waals surface area contributed by atoms with Gasteiger partial charge in [-0.25, -0.2) is 4.79 Å². The highest BCUT2D eigenvalue weighted by Crippen LogP contribution is 2.15. The van der Waals surface area contributed by atoms with Gasteiger partial charge in [0.2, 0.25) is 0 Å². The van der Waals surface area contributed by atoms with Crippen LogP contribution in [-0.4, -0.2) is 87.4 Å². The number of hydrogen-bond donors (Lipinski definition) is 1. The summed E-state index contributed by atoms with van der Waals surface area (Å²) in [5.41, 5.74) is 0. The highest BCUT2D eigenvalue weighted by molar-refractivity contribution is 5.71. The van der Waals surface area contributed by atoms with E-state index in [1.807, 2.05) is 21.1 Å². The number of aliphatic carboxylic acids is 1. The molecule has 0 spiro atoms. The predicted molar refractivity (Wildman–Crippen MR) is 285 cm³/mol. The summed E-state index contributed by atoms with van der Waals surface area (Å²) in [6.45, 7) is 4.70. The molecule has 0 aromatic carbocycles. The van der Waals surface area contributed by atoms with Gasteiger partial charge in [0.25, 0.3) is 6.29 Å². The molecule has 0 aliphatic heterocycles. The van der Waals surface area contributed by atoms with Gasteiger partial charge in [-0.3, -0.25) is 9.59 Å². The van der Waals surface area contributed by atoms with E-state index in [1.54, 1.807) is 0 Å². The van der Waals surface area contributed by atoms with E-state index >= 15 is 0 Å². The summed E-state index contributed by atoms with van der Waals surface area (Å²) in [5, 5.41) is 9.68. The monoisotopic (exact) mass is 951 g/mol. The number of ether oxygens (including phenoxy) is 4. The van der Waals surface area contributed by atoms with Crippen LogP contribution in [-0.2, 0) is 33.3 Å². The molecule has 0 heterocycles. The Morgan fingerprint density at radius 3 is 1.25 bits per heavy atom. The first-order valence-corrected chi connectivity index (χ1v) is 26.9. The number of quaternary nitrogens is 1. The zero-order valence-corrected chi connectivity index (χ0v) is 44.0. The van der Waals surface area contributed by atoms with Crippen molar-refractivity contribution >= 4 is 17.9 Å². The molecule has 0 amide bonds. The maximum atomic E-state index is 12.8. The minimum absolute atomic E-state index is 0.175. The Kier molecular flexibility index (Phi) is 46.9. The average molecular weight is 951 g/mol. The Balaban J connectivity index is 4.42. The van der Waals surface area contributed by atoms with Crippen molar-refractivity contribution < 1.29 is 42.9 Å². The second-order valence-corrected chi connectivity index (χ2v) is 18.8. The van der Waals surface area contributed by atoms with Crippen LogP contribution in [0.2, 0.25) is 0 Å². The van der Waals surface area contributed by atoms with Gasteiger partial charge in [0, 0.05) is 12.8 Å². The fourth-order valence-corrected chi connectivity index (χ4v) is 6.97.